The largest absolute Gasteiger partial charge is 0.342 e. The van der Waals surface area contributed by atoms with E-state index in [0.717, 1.165) is 46.8 Å². The van der Waals surface area contributed by atoms with Crippen molar-refractivity contribution in [3.8, 4) is 11.3 Å². The second kappa shape index (κ2) is 4.80. The van der Waals surface area contributed by atoms with E-state index in [1.54, 1.807) is 11.3 Å². The Bertz CT molecular complexity index is 499. The predicted octanol–water partition coefficient (Wildman–Crippen LogP) is 2.94. The zero-order valence-electron chi connectivity index (χ0n) is 9.37. The van der Waals surface area contributed by atoms with Crippen LogP contribution in [0, 0.1) is 5.92 Å². The van der Waals surface area contributed by atoms with E-state index in [0.29, 0.717) is 0 Å². The Morgan fingerprint density at radius 2 is 2.47 bits per heavy atom. The number of H-pyrrole nitrogens is 1. The number of hydrogen-bond donors (Lipinski definition) is 2. The van der Waals surface area contributed by atoms with Crippen molar-refractivity contribution in [3.63, 3.8) is 0 Å². The van der Waals surface area contributed by atoms with Crippen molar-refractivity contribution >= 4 is 22.9 Å². The normalized spacial score (nSPS) is 19.9. The van der Waals surface area contributed by atoms with E-state index in [4.69, 9.17) is 11.6 Å². The van der Waals surface area contributed by atoms with Gasteiger partial charge < -0.3 is 10.3 Å². The molecule has 90 valence electrons. The quantitative estimate of drug-likeness (QED) is 0.898. The molecular weight excluding hydrogens is 254 g/mol. The molecule has 3 heterocycles. The minimum absolute atomic E-state index is 0.722. The molecule has 1 saturated heterocycles. The third-order valence-electron chi connectivity index (χ3n) is 3.15. The first-order chi connectivity index (χ1) is 8.31. The third-order valence-corrected chi connectivity index (χ3v) is 4.24. The number of nitrogens with one attached hydrogen (secondary N) is 2. The number of thiophene rings is 1. The van der Waals surface area contributed by atoms with Gasteiger partial charge in [-0.15, -0.1) is 11.3 Å². The Morgan fingerprint density at radius 1 is 1.53 bits per heavy atom. The Morgan fingerprint density at radius 3 is 3.18 bits per heavy atom. The minimum atomic E-state index is 0.722. The summed E-state index contributed by atoms with van der Waals surface area (Å²) in [6, 6.07) is 1.97. The van der Waals surface area contributed by atoms with Crippen molar-refractivity contribution in [2.24, 2.45) is 5.92 Å². The molecule has 1 fully saturated rings. The van der Waals surface area contributed by atoms with Gasteiger partial charge in [-0.05, 0) is 31.5 Å². The standard InChI is InChI=1S/C12H14ClN3S/c13-11-4-9(7-17-11)10-6-15-12(16-10)3-8-1-2-14-5-8/h4,6-8,14H,1-3,5H2,(H,15,16). The van der Waals surface area contributed by atoms with Crippen LogP contribution in [0.1, 0.15) is 12.2 Å². The van der Waals surface area contributed by atoms with Gasteiger partial charge in [-0.25, -0.2) is 4.98 Å². The summed E-state index contributed by atoms with van der Waals surface area (Å²) in [7, 11) is 0. The van der Waals surface area contributed by atoms with E-state index in [1.807, 2.05) is 12.3 Å². The van der Waals surface area contributed by atoms with E-state index >= 15 is 0 Å². The summed E-state index contributed by atoms with van der Waals surface area (Å²) in [6.45, 7) is 2.25. The van der Waals surface area contributed by atoms with Crippen LogP contribution < -0.4 is 5.32 Å². The van der Waals surface area contributed by atoms with E-state index in [-0.39, 0.29) is 0 Å². The summed E-state index contributed by atoms with van der Waals surface area (Å²) >= 11 is 7.48. The summed E-state index contributed by atoms with van der Waals surface area (Å²) < 4.78 is 0.816. The molecule has 1 aliphatic heterocycles. The van der Waals surface area contributed by atoms with Crippen LogP contribution in [0.15, 0.2) is 17.6 Å². The molecule has 1 aliphatic rings. The van der Waals surface area contributed by atoms with Crippen LogP contribution in [0.25, 0.3) is 11.3 Å². The van der Waals surface area contributed by atoms with Crippen LogP contribution in [0.3, 0.4) is 0 Å². The summed E-state index contributed by atoms with van der Waals surface area (Å²) in [5.74, 6) is 1.80. The maximum Gasteiger partial charge on any atom is 0.106 e. The molecule has 17 heavy (non-hydrogen) atoms. The van der Waals surface area contributed by atoms with Gasteiger partial charge in [0.25, 0.3) is 0 Å². The van der Waals surface area contributed by atoms with E-state index < -0.39 is 0 Å². The lowest BCUT2D eigenvalue weighted by Gasteiger charge is -2.04. The van der Waals surface area contributed by atoms with Crippen molar-refractivity contribution < 1.29 is 0 Å². The molecule has 0 amide bonds. The molecule has 1 unspecified atom stereocenters. The predicted molar refractivity (Wildman–Crippen MR) is 71.6 cm³/mol. The number of nitrogens with zero attached hydrogens (tertiary/aromatic N) is 1. The fourth-order valence-corrected chi connectivity index (χ4v) is 3.11. The maximum absolute atomic E-state index is 5.93. The monoisotopic (exact) mass is 267 g/mol. The van der Waals surface area contributed by atoms with Gasteiger partial charge in [0.15, 0.2) is 0 Å². The molecule has 0 bridgehead atoms. The Labute approximate surface area is 109 Å². The van der Waals surface area contributed by atoms with Crippen LogP contribution >= 0.6 is 22.9 Å². The average Bonchev–Trinajstić information content (AvgIpc) is 2.99. The van der Waals surface area contributed by atoms with Gasteiger partial charge in [0, 0.05) is 17.4 Å². The van der Waals surface area contributed by atoms with Crippen LogP contribution in [-0.2, 0) is 6.42 Å². The van der Waals surface area contributed by atoms with Gasteiger partial charge in [0.05, 0.1) is 16.2 Å². The van der Waals surface area contributed by atoms with Crippen molar-refractivity contribution in [2.45, 2.75) is 12.8 Å². The van der Waals surface area contributed by atoms with Crippen molar-refractivity contribution in [1.82, 2.24) is 15.3 Å². The number of aromatic nitrogens is 2. The highest BCUT2D eigenvalue weighted by Gasteiger charge is 2.16. The molecule has 0 radical (unpaired) electrons. The van der Waals surface area contributed by atoms with E-state index in [9.17, 15) is 0 Å². The molecule has 3 rings (SSSR count). The van der Waals surface area contributed by atoms with Crippen LogP contribution in [-0.4, -0.2) is 23.1 Å². The molecule has 0 aromatic carbocycles. The number of imidazole rings is 1. The van der Waals surface area contributed by atoms with Gasteiger partial charge in [0.1, 0.15) is 5.82 Å². The van der Waals surface area contributed by atoms with Crippen LogP contribution in [0.2, 0.25) is 4.34 Å². The molecule has 2 aromatic rings. The van der Waals surface area contributed by atoms with Gasteiger partial charge in [-0.1, -0.05) is 11.6 Å². The lowest BCUT2D eigenvalue weighted by molar-refractivity contribution is 0.565. The molecule has 3 nitrogen and oxygen atoms in total. The highest BCUT2D eigenvalue weighted by Crippen LogP contribution is 2.27. The number of aromatic amines is 1. The lowest BCUT2D eigenvalue weighted by atomic mass is 10.1. The smallest absolute Gasteiger partial charge is 0.106 e. The molecule has 5 heteroatoms. The van der Waals surface area contributed by atoms with Crippen molar-refractivity contribution in [3.05, 3.63) is 27.8 Å². The fraction of sp³-hybridized carbons (Fsp3) is 0.417. The molecule has 0 aliphatic carbocycles. The van der Waals surface area contributed by atoms with Gasteiger partial charge in [-0.2, -0.15) is 0 Å². The topological polar surface area (TPSA) is 40.7 Å². The van der Waals surface area contributed by atoms with Crippen LogP contribution in [0.4, 0.5) is 0 Å². The Balaban J connectivity index is 1.73. The first kappa shape index (κ1) is 11.3. The lowest BCUT2D eigenvalue weighted by Crippen LogP contribution is -2.11. The zero-order valence-corrected chi connectivity index (χ0v) is 10.9. The zero-order chi connectivity index (χ0) is 11.7. The summed E-state index contributed by atoms with van der Waals surface area (Å²) in [6.07, 6.45) is 4.18. The minimum Gasteiger partial charge on any atom is -0.342 e. The molecule has 1 atom stereocenters. The van der Waals surface area contributed by atoms with Crippen molar-refractivity contribution in [2.75, 3.05) is 13.1 Å². The first-order valence-electron chi connectivity index (χ1n) is 5.80. The second-order valence-corrected chi connectivity index (χ2v) is 5.99. The van der Waals surface area contributed by atoms with Gasteiger partial charge in [0.2, 0.25) is 0 Å². The van der Waals surface area contributed by atoms with E-state index in [2.05, 4.69) is 20.7 Å². The Kier molecular flexibility index (Phi) is 3.18. The van der Waals surface area contributed by atoms with Crippen LogP contribution in [0.5, 0.6) is 0 Å². The Hall–Kier alpha value is -0.840. The molecular formula is C12H14ClN3S. The molecule has 0 saturated carbocycles. The average molecular weight is 268 g/mol. The highest BCUT2D eigenvalue weighted by atomic mass is 35.5. The maximum atomic E-state index is 5.93. The fourth-order valence-electron chi connectivity index (χ4n) is 2.23. The van der Waals surface area contributed by atoms with Gasteiger partial charge >= 0.3 is 0 Å². The molecule has 2 N–H and O–H groups in total. The first-order valence-corrected chi connectivity index (χ1v) is 7.06. The number of hydrogen-bond acceptors (Lipinski definition) is 3. The summed E-state index contributed by atoms with van der Waals surface area (Å²) in [5, 5.41) is 5.43. The van der Waals surface area contributed by atoms with E-state index in [1.165, 1.54) is 6.42 Å². The second-order valence-electron chi connectivity index (χ2n) is 4.45. The van der Waals surface area contributed by atoms with Crippen molar-refractivity contribution in [1.29, 1.82) is 0 Å². The summed E-state index contributed by atoms with van der Waals surface area (Å²) in [4.78, 5) is 7.82. The number of halogens is 1. The summed E-state index contributed by atoms with van der Waals surface area (Å²) in [5.41, 5.74) is 2.19. The third kappa shape index (κ3) is 2.54. The number of rotatable bonds is 3. The van der Waals surface area contributed by atoms with Gasteiger partial charge in [-0.3, -0.25) is 0 Å². The highest BCUT2D eigenvalue weighted by molar-refractivity contribution is 7.14. The molecule has 0 spiro atoms. The SMILES string of the molecule is Clc1cc(-c2cnc(CC3CCNC3)[nH]2)cs1. The molecule has 2 aromatic heterocycles.